The summed E-state index contributed by atoms with van der Waals surface area (Å²) in [6.45, 7) is 0. The molecule has 2 heterocycles. The van der Waals surface area contributed by atoms with Gasteiger partial charge in [-0.1, -0.05) is 84.9 Å². The van der Waals surface area contributed by atoms with Crippen LogP contribution in [0.2, 0.25) is 0 Å². The van der Waals surface area contributed by atoms with E-state index >= 15 is 0 Å². The lowest BCUT2D eigenvalue weighted by Gasteiger charge is -2.17. The van der Waals surface area contributed by atoms with Crippen molar-refractivity contribution in [1.29, 1.82) is 5.26 Å². The van der Waals surface area contributed by atoms with Gasteiger partial charge in [-0.05, 0) is 75.8 Å². The number of nitriles is 1. The van der Waals surface area contributed by atoms with Crippen molar-refractivity contribution in [3.05, 3.63) is 133 Å². The Morgan fingerprint density at radius 2 is 1.02 bits per heavy atom. The van der Waals surface area contributed by atoms with Crippen LogP contribution in [0.4, 0.5) is 0 Å². The van der Waals surface area contributed by atoms with Crippen LogP contribution >= 0.6 is 22.7 Å². The van der Waals surface area contributed by atoms with Crippen molar-refractivity contribution in [2.75, 3.05) is 0 Å². The zero-order valence-corrected chi connectivity index (χ0v) is 23.0. The average molecular weight is 544 g/mol. The number of rotatable bonds is 3. The van der Waals surface area contributed by atoms with Crippen LogP contribution < -0.4 is 0 Å². The van der Waals surface area contributed by atoms with Crippen LogP contribution in [0.25, 0.3) is 73.7 Å². The molecule has 0 saturated carbocycles. The summed E-state index contributed by atoms with van der Waals surface area (Å²) in [5.41, 5.74) is 7.56. The molecule has 186 valence electrons. The van der Waals surface area contributed by atoms with Gasteiger partial charge in [0.05, 0.1) is 11.6 Å². The quantitative estimate of drug-likeness (QED) is 0.217. The Balaban J connectivity index is 1.40. The molecule has 0 fully saturated rings. The second kappa shape index (κ2) is 9.17. The molecule has 6 aromatic carbocycles. The molecule has 0 atom stereocenters. The molecule has 8 aromatic rings. The molecule has 40 heavy (non-hydrogen) atoms. The zero-order chi connectivity index (χ0) is 26.6. The number of fused-ring (bicyclic) bond motifs is 6. The Labute approximate surface area is 239 Å². The van der Waals surface area contributed by atoms with Crippen molar-refractivity contribution in [2.45, 2.75) is 0 Å². The summed E-state index contributed by atoms with van der Waals surface area (Å²) in [6.07, 6.45) is 0. The maximum Gasteiger partial charge on any atom is 0.0991 e. The van der Waals surface area contributed by atoms with Crippen molar-refractivity contribution in [3.8, 4) is 39.4 Å². The fourth-order valence-corrected chi connectivity index (χ4v) is 8.11. The first kappa shape index (κ1) is 23.2. The number of hydrogen-bond donors (Lipinski definition) is 0. The minimum Gasteiger partial charge on any atom is -0.192 e. The third kappa shape index (κ3) is 3.66. The molecule has 0 spiro atoms. The molecule has 0 aliphatic heterocycles. The summed E-state index contributed by atoms with van der Waals surface area (Å²) in [5.74, 6) is 0. The van der Waals surface area contributed by atoms with Gasteiger partial charge < -0.3 is 0 Å². The minimum atomic E-state index is 0.664. The Morgan fingerprint density at radius 1 is 0.425 bits per heavy atom. The van der Waals surface area contributed by atoms with Crippen molar-refractivity contribution in [2.24, 2.45) is 0 Å². The Bertz CT molecular complexity index is 2290. The SMILES string of the molecule is N#Cc1cccc(-c2c(-c3ccc4c(c3)sc3ccccc34)cccc2-c2ccc3sc4ccccc4c3c2)c1. The highest BCUT2D eigenvalue weighted by molar-refractivity contribution is 7.26. The second-order valence-electron chi connectivity index (χ2n) is 10.0. The Hall–Kier alpha value is -4.75. The van der Waals surface area contributed by atoms with E-state index in [0.29, 0.717) is 5.56 Å². The Kier molecular flexibility index (Phi) is 5.31. The monoisotopic (exact) mass is 543 g/mol. The van der Waals surface area contributed by atoms with E-state index in [9.17, 15) is 5.26 Å². The van der Waals surface area contributed by atoms with E-state index in [2.05, 4.69) is 115 Å². The zero-order valence-electron chi connectivity index (χ0n) is 21.4. The van der Waals surface area contributed by atoms with E-state index < -0.39 is 0 Å². The molecule has 0 saturated heterocycles. The third-order valence-electron chi connectivity index (χ3n) is 7.72. The van der Waals surface area contributed by atoms with E-state index in [1.165, 1.54) is 62.6 Å². The Morgan fingerprint density at radius 3 is 1.80 bits per heavy atom. The fraction of sp³-hybridized carbons (Fsp3) is 0. The highest BCUT2D eigenvalue weighted by Crippen LogP contribution is 2.44. The molecule has 0 unspecified atom stereocenters. The average Bonchev–Trinajstić information content (AvgIpc) is 3.58. The molecular formula is C37H21NS2. The summed E-state index contributed by atoms with van der Waals surface area (Å²) >= 11 is 3.68. The van der Waals surface area contributed by atoms with Gasteiger partial charge in [-0.3, -0.25) is 0 Å². The standard InChI is InChI=1S/C37H21NS2/c38-22-23-7-5-8-26(19-23)37-27(24-16-18-35-32(20-24)30-10-2-4-14-34(30)39-35)11-6-12-28(37)25-15-17-31-29-9-1-3-13-33(29)40-36(31)21-25/h1-21H. The molecule has 1 nitrogen and oxygen atoms in total. The van der Waals surface area contributed by atoms with E-state index in [-0.39, 0.29) is 0 Å². The number of hydrogen-bond acceptors (Lipinski definition) is 3. The summed E-state index contributed by atoms with van der Waals surface area (Å²) in [4.78, 5) is 0. The molecule has 0 radical (unpaired) electrons. The predicted molar refractivity (Wildman–Crippen MR) is 173 cm³/mol. The molecule has 0 aliphatic rings. The van der Waals surface area contributed by atoms with Gasteiger partial charge in [0.15, 0.2) is 0 Å². The van der Waals surface area contributed by atoms with E-state index in [1.54, 1.807) is 0 Å². The highest BCUT2D eigenvalue weighted by atomic mass is 32.1. The van der Waals surface area contributed by atoms with E-state index in [0.717, 1.165) is 11.1 Å². The lowest BCUT2D eigenvalue weighted by atomic mass is 9.86. The van der Waals surface area contributed by atoms with Gasteiger partial charge >= 0.3 is 0 Å². The predicted octanol–water partition coefficient (Wildman–Crippen LogP) is 11.3. The topological polar surface area (TPSA) is 23.8 Å². The van der Waals surface area contributed by atoms with Gasteiger partial charge in [-0.2, -0.15) is 5.26 Å². The summed E-state index contributed by atoms with van der Waals surface area (Å²) in [6, 6.07) is 47.8. The summed E-state index contributed by atoms with van der Waals surface area (Å²) < 4.78 is 5.19. The molecule has 0 bridgehead atoms. The molecule has 0 N–H and O–H groups in total. The number of thiophene rings is 2. The minimum absolute atomic E-state index is 0.664. The van der Waals surface area contributed by atoms with Gasteiger partial charge in [0.1, 0.15) is 0 Å². The van der Waals surface area contributed by atoms with Crippen LogP contribution in [0.1, 0.15) is 5.56 Å². The van der Waals surface area contributed by atoms with Gasteiger partial charge in [0, 0.05) is 40.3 Å². The van der Waals surface area contributed by atoms with Crippen molar-refractivity contribution in [3.63, 3.8) is 0 Å². The van der Waals surface area contributed by atoms with Crippen LogP contribution in [-0.2, 0) is 0 Å². The number of benzene rings is 6. The lowest BCUT2D eigenvalue weighted by molar-refractivity contribution is 1.48. The normalized spacial score (nSPS) is 11.5. The summed E-state index contributed by atoms with van der Waals surface area (Å²) in [5, 5.41) is 14.9. The van der Waals surface area contributed by atoms with Gasteiger partial charge in [0.2, 0.25) is 0 Å². The summed E-state index contributed by atoms with van der Waals surface area (Å²) in [7, 11) is 0. The third-order valence-corrected chi connectivity index (χ3v) is 10.0. The lowest BCUT2D eigenvalue weighted by Crippen LogP contribution is -1.91. The van der Waals surface area contributed by atoms with Crippen LogP contribution in [0.3, 0.4) is 0 Å². The highest BCUT2D eigenvalue weighted by Gasteiger charge is 2.17. The second-order valence-corrected chi connectivity index (χ2v) is 12.2. The van der Waals surface area contributed by atoms with Crippen molar-refractivity contribution < 1.29 is 0 Å². The maximum atomic E-state index is 9.72. The first-order valence-electron chi connectivity index (χ1n) is 13.2. The van der Waals surface area contributed by atoms with Crippen molar-refractivity contribution in [1.82, 2.24) is 0 Å². The van der Waals surface area contributed by atoms with Crippen LogP contribution in [0, 0.1) is 11.3 Å². The molecule has 2 aromatic heterocycles. The number of nitrogens with zero attached hydrogens (tertiary/aromatic N) is 1. The molecule has 0 amide bonds. The molecule has 8 rings (SSSR count). The molecule has 3 heteroatoms. The fourth-order valence-electron chi connectivity index (χ4n) is 5.88. The maximum absolute atomic E-state index is 9.72. The van der Waals surface area contributed by atoms with Crippen LogP contribution in [-0.4, -0.2) is 0 Å². The van der Waals surface area contributed by atoms with Gasteiger partial charge in [-0.25, -0.2) is 0 Å². The molecular weight excluding hydrogens is 523 g/mol. The van der Waals surface area contributed by atoms with Crippen LogP contribution in [0.15, 0.2) is 127 Å². The van der Waals surface area contributed by atoms with Gasteiger partial charge in [-0.15, -0.1) is 22.7 Å². The van der Waals surface area contributed by atoms with Crippen molar-refractivity contribution >= 4 is 63.0 Å². The first-order chi connectivity index (χ1) is 19.8. The first-order valence-corrected chi connectivity index (χ1v) is 14.9. The molecule has 0 aliphatic carbocycles. The van der Waals surface area contributed by atoms with Gasteiger partial charge in [0.25, 0.3) is 0 Å². The van der Waals surface area contributed by atoms with E-state index in [1.807, 2.05) is 40.9 Å². The largest absolute Gasteiger partial charge is 0.192 e. The van der Waals surface area contributed by atoms with E-state index in [4.69, 9.17) is 0 Å². The smallest absolute Gasteiger partial charge is 0.0991 e. The van der Waals surface area contributed by atoms with Crippen LogP contribution in [0.5, 0.6) is 0 Å².